The number of aliphatic carboxylic acids is 1. The van der Waals surface area contributed by atoms with Crippen LogP contribution >= 0.6 is 0 Å². The van der Waals surface area contributed by atoms with Crippen LogP contribution in [0.15, 0.2) is 16.9 Å². The van der Waals surface area contributed by atoms with E-state index in [1.54, 1.807) is 13.8 Å². The highest BCUT2D eigenvalue weighted by Crippen LogP contribution is 2.19. The van der Waals surface area contributed by atoms with Crippen LogP contribution in [0, 0.1) is 5.41 Å². The summed E-state index contributed by atoms with van der Waals surface area (Å²) < 4.78 is 4.51. The van der Waals surface area contributed by atoms with Gasteiger partial charge in [0.2, 0.25) is 0 Å². The minimum absolute atomic E-state index is 0.0600. The van der Waals surface area contributed by atoms with Gasteiger partial charge in [0.1, 0.15) is 6.26 Å². The Labute approximate surface area is 92.6 Å². The summed E-state index contributed by atoms with van der Waals surface area (Å²) >= 11 is 0. The Bertz CT molecular complexity index is 374. The van der Waals surface area contributed by atoms with Crippen LogP contribution in [-0.4, -0.2) is 28.7 Å². The Morgan fingerprint density at radius 2 is 2.31 bits per heavy atom. The van der Waals surface area contributed by atoms with E-state index in [9.17, 15) is 9.59 Å². The second kappa shape index (κ2) is 4.78. The summed E-state index contributed by atoms with van der Waals surface area (Å²) in [6.07, 6.45) is 1.71. The quantitative estimate of drug-likeness (QED) is 0.778. The summed E-state index contributed by atoms with van der Waals surface area (Å²) in [6, 6.07) is 1.42. The molecule has 1 atom stereocenters. The Balaban J connectivity index is 2.57. The molecule has 0 aliphatic heterocycles. The van der Waals surface area contributed by atoms with Crippen molar-refractivity contribution in [3.8, 4) is 0 Å². The maximum Gasteiger partial charge on any atom is 0.311 e. The van der Waals surface area contributed by atoms with Crippen LogP contribution in [0.5, 0.6) is 0 Å². The van der Waals surface area contributed by atoms with Gasteiger partial charge in [-0.25, -0.2) is 0 Å². The standard InChI is InChI=1S/C10H14N2O4/c1-3-10(2,9(14)15)6-11-8(13)7-4-5-16-12-7/h4-5H,3,6H2,1-2H3,(H,11,13)(H,14,15). The number of carbonyl (C=O) groups is 2. The molecule has 1 rings (SSSR count). The van der Waals surface area contributed by atoms with Crippen LogP contribution in [0.1, 0.15) is 30.8 Å². The fourth-order valence-electron chi connectivity index (χ4n) is 1.05. The summed E-state index contributed by atoms with van der Waals surface area (Å²) in [5.41, 5.74) is -0.816. The van der Waals surface area contributed by atoms with E-state index in [0.717, 1.165) is 0 Å². The van der Waals surface area contributed by atoms with Gasteiger partial charge in [-0.1, -0.05) is 12.1 Å². The van der Waals surface area contributed by atoms with Crippen LogP contribution in [-0.2, 0) is 4.79 Å². The predicted molar refractivity (Wildman–Crippen MR) is 54.9 cm³/mol. The van der Waals surface area contributed by atoms with E-state index in [1.165, 1.54) is 12.3 Å². The molecular weight excluding hydrogens is 212 g/mol. The number of nitrogens with zero attached hydrogens (tertiary/aromatic N) is 1. The molecule has 0 fully saturated rings. The molecule has 16 heavy (non-hydrogen) atoms. The van der Waals surface area contributed by atoms with Crippen molar-refractivity contribution < 1.29 is 19.2 Å². The van der Waals surface area contributed by atoms with Gasteiger partial charge in [-0.2, -0.15) is 0 Å². The normalized spacial score (nSPS) is 14.1. The van der Waals surface area contributed by atoms with Crippen molar-refractivity contribution in [2.45, 2.75) is 20.3 Å². The SMILES string of the molecule is CCC(C)(CNC(=O)c1ccon1)C(=O)O. The van der Waals surface area contributed by atoms with E-state index in [4.69, 9.17) is 5.11 Å². The second-order valence-corrected chi connectivity index (χ2v) is 3.79. The van der Waals surface area contributed by atoms with Crippen LogP contribution in [0.25, 0.3) is 0 Å². The molecule has 0 aromatic carbocycles. The smallest absolute Gasteiger partial charge is 0.311 e. The van der Waals surface area contributed by atoms with Gasteiger partial charge in [0.25, 0.3) is 5.91 Å². The van der Waals surface area contributed by atoms with Gasteiger partial charge >= 0.3 is 5.97 Å². The monoisotopic (exact) mass is 226 g/mol. The largest absolute Gasteiger partial charge is 0.481 e. The fourth-order valence-corrected chi connectivity index (χ4v) is 1.05. The van der Waals surface area contributed by atoms with Gasteiger partial charge in [-0.05, 0) is 13.3 Å². The molecule has 6 heteroatoms. The van der Waals surface area contributed by atoms with Gasteiger partial charge in [-0.3, -0.25) is 9.59 Å². The topological polar surface area (TPSA) is 92.4 Å². The Morgan fingerprint density at radius 1 is 1.62 bits per heavy atom. The molecule has 0 saturated carbocycles. The third-order valence-electron chi connectivity index (χ3n) is 2.61. The van der Waals surface area contributed by atoms with E-state index >= 15 is 0 Å². The highest BCUT2D eigenvalue weighted by atomic mass is 16.5. The van der Waals surface area contributed by atoms with Crippen molar-refractivity contribution in [1.82, 2.24) is 10.5 Å². The lowest BCUT2D eigenvalue weighted by Gasteiger charge is -2.22. The maximum absolute atomic E-state index is 11.5. The molecule has 0 radical (unpaired) electrons. The number of carboxylic acid groups (broad SMARTS) is 1. The number of nitrogens with one attached hydrogen (secondary N) is 1. The maximum atomic E-state index is 11.5. The van der Waals surface area contributed by atoms with E-state index < -0.39 is 17.3 Å². The van der Waals surface area contributed by atoms with Crippen molar-refractivity contribution in [1.29, 1.82) is 0 Å². The Morgan fingerprint density at radius 3 is 2.75 bits per heavy atom. The molecule has 88 valence electrons. The molecule has 0 bridgehead atoms. The molecule has 1 heterocycles. The fraction of sp³-hybridized carbons (Fsp3) is 0.500. The molecule has 0 aliphatic rings. The van der Waals surface area contributed by atoms with E-state index in [0.29, 0.717) is 6.42 Å². The number of hydrogen-bond donors (Lipinski definition) is 2. The second-order valence-electron chi connectivity index (χ2n) is 3.79. The third kappa shape index (κ3) is 2.59. The zero-order valence-corrected chi connectivity index (χ0v) is 9.19. The number of aromatic nitrogens is 1. The lowest BCUT2D eigenvalue weighted by atomic mass is 9.88. The first-order valence-corrected chi connectivity index (χ1v) is 4.91. The number of amides is 1. The van der Waals surface area contributed by atoms with Gasteiger partial charge in [0, 0.05) is 12.6 Å². The minimum atomic E-state index is -0.959. The number of carboxylic acids is 1. The van der Waals surface area contributed by atoms with Gasteiger partial charge in [0.15, 0.2) is 5.69 Å². The van der Waals surface area contributed by atoms with Gasteiger partial charge in [-0.15, -0.1) is 0 Å². The average Bonchev–Trinajstić information content (AvgIpc) is 2.78. The molecule has 1 aromatic rings. The summed E-state index contributed by atoms with van der Waals surface area (Å²) in [5, 5.41) is 15.0. The molecule has 6 nitrogen and oxygen atoms in total. The van der Waals surface area contributed by atoms with E-state index in [-0.39, 0.29) is 12.2 Å². The van der Waals surface area contributed by atoms with Crippen molar-refractivity contribution in [2.75, 3.05) is 6.54 Å². The summed E-state index contributed by atoms with van der Waals surface area (Å²) in [6.45, 7) is 3.40. The highest BCUT2D eigenvalue weighted by Gasteiger charge is 2.31. The predicted octanol–water partition coefficient (Wildman–Crippen LogP) is 0.905. The molecule has 1 amide bonds. The molecule has 2 N–H and O–H groups in total. The average molecular weight is 226 g/mol. The van der Waals surface area contributed by atoms with Crippen molar-refractivity contribution in [3.63, 3.8) is 0 Å². The lowest BCUT2D eigenvalue weighted by Crippen LogP contribution is -2.40. The summed E-state index contributed by atoms with van der Waals surface area (Å²) in [7, 11) is 0. The van der Waals surface area contributed by atoms with Gasteiger partial charge < -0.3 is 14.9 Å². The first kappa shape index (κ1) is 12.2. The zero-order valence-electron chi connectivity index (χ0n) is 9.19. The van der Waals surface area contributed by atoms with Crippen LogP contribution in [0.4, 0.5) is 0 Å². The van der Waals surface area contributed by atoms with Crippen molar-refractivity contribution >= 4 is 11.9 Å². The van der Waals surface area contributed by atoms with Crippen molar-refractivity contribution in [3.05, 3.63) is 18.0 Å². The van der Waals surface area contributed by atoms with E-state index in [2.05, 4.69) is 15.0 Å². The number of rotatable bonds is 5. The first-order chi connectivity index (χ1) is 7.49. The van der Waals surface area contributed by atoms with Crippen LogP contribution in [0.2, 0.25) is 0 Å². The molecule has 0 spiro atoms. The third-order valence-corrected chi connectivity index (χ3v) is 2.61. The number of carbonyl (C=O) groups excluding carboxylic acids is 1. The van der Waals surface area contributed by atoms with Gasteiger partial charge in [0.05, 0.1) is 5.41 Å². The zero-order chi connectivity index (χ0) is 12.2. The van der Waals surface area contributed by atoms with Crippen LogP contribution in [0.3, 0.4) is 0 Å². The van der Waals surface area contributed by atoms with Crippen LogP contribution < -0.4 is 5.32 Å². The Hall–Kier alpha value is -1.85. The van der Waals surface area contributed by atoms with E-state index in [1.807, 2.05) is 0 Å². The van der Waals surface area contributed by atoms with Crippen molar-refractivity contribution in [2.24, 2.45) is 5.41 Å². The Kier molecular flexibility index (Phi) is 3.65. The first-order valence-electron chi connectivity index (χ1n) is 4.91. The molecule has 1 unspecified atom stereocenters. The number of hydrogen-bond acceptors (Lipinski definition) is 4. The molecular formula is C10H14N2O4. The minimum Gasteiger partial charge on any atom is -0.481 e. The summed E-state index contributed by atoms with van der Waals surface area (Å²) in [5.74, 6) is -1.37. The molecule has 0 saturated heterocycles. The molecule has 1 aromatic heterocycles. The summed E-state index contributed by atoms with van der Waals surface area (Å²) in [4.78, 5) is 22.4. The molecule has 0 aliphatic carbocycles. The highest BCUT2D eigenvalue weighted by molar-refractivity contribution is 5.92. The lowest BCUT2D eigenvalue weighted by molar-refractivity contribution is -0.147.